The van der Waals surface area contributed by atoms with Crippen molar-refractivity contribution in [1.82, 2.24) is 9.44 Å². The van der Waals surface area contributed by atoms with Gasteiger partial charge in [0, 0.05) is 12.6 Å². The van der Waals surface area contributed by atoms with Gasteiger partial charge in [-0.05, 0) is 20.8 Å². The number of sulfonamides is 2. The molecule has 0 aromatic rings. The molecule has 0 aliphatic carbocycles. The van der Waals surface area contributed by atoms with Crippen LogP contribution in [0.4, 0.5) is 0 Å². The highest BCUT2D eigenvalue weighted by molar-refractivity contribution is 7.89. The summed E-state index contributed by atoms with van der Waals surface area (Å²) in [6, 6.07) is -0.448. The predicted molar refractivity (Wildman–Crippen MR) is 59.5 cm³/mol. The lowest BCUT2D eigenvalue weighted by molar-refractivity contribution is 0.546. The van der Waals surface area contributed by atoms with Gasteiger partial charge in [0.05, 0.1) is 11.5 Å². The normalized spacial score (nSPS) is 15.1. The Balaban J connectivity index is 4.13. The molecular formula is C7H18N2O4S2. The summed E-state index contributed by atoms with van der Waals surface area (Å²) in [5.74, 6) is -0.0296. The number of nitrogens with one attached hydrogen (secondary N) is 2. The van der Waals surface area contributed by atoms with Gasteiger partial charge < -0.3 is 0 Å². The quantitative estimate of drug-likeness (QED) is 0.628. The summed E-state index contributed by atoms with van der Waals surface area (Å²) in [5, 5.41) is 0. The molecule has 0 aromatic heterocycles. The second kappa shape index (κ2) is 5.78. The molecule has 0 radical (unpaired) electrons. The lowest BCUT2D eigenvalue weighted by atomic mass is 10.4. The second-order valence-electron chi connectivity index (χ2n) is 3.17. The molecule has 0 aliphatic heterocycles. The maximum Gasteiger partial charge on any atom is 0.211 e. The first-order valence-corrected chi connectivity index (χ1v) is 8.00. The fraction of sp³-hybridized carbons (Fsp3) is 1.00. The van der Waals surface area contributed by atoms with Crippen LogP contribution in [0.25, 0.3) is 0 Å². The number of rotatable bonds is 7. The lowest BCUT2D eigenvalue weighted by Crippen LogP contribution is -2.42. The van der Waals surface area contributed by atoms with Gasteiger partial charge in [0.15, 0.2) is 0 Å². The Morgan fingerprint density at radius 2 is 1.47 bits per heavy atom. The van der Waals surface area contributed by atoms with E-state index >= 15 is 0 Å². The summed E-state index contributed by atoms with van der Waals surface area (Å²) in [4.78, 5) is 0. The molecule has 0 aliphatic rings. The average molecular weight is 258 g/mol. The summed E-state index contributed by atoms with van der Waals surface area (Å²) in [5.41, 5.74) is 0. The first-order chi connectivity index (χ1) is 6.72. The van der Waals surface area contributed by atoms with Gasteiger partial charge >= 0.3 is 0 Å². The molecule has 0 aromatic carbocycles. The van der Waals surface area contributed by atoms with Crippen LogP contribution in [0.1, 0.15) is 20.8 Å². The van der Waals surface area contributed by atoms with Crippen molar-refractivity contribution in [2.75, 3.05) is 18.1 Å². The van der Waals surface area contributed by atoms with Crippen molar-refractivity contribution in [3.05, 3.63) is 0 Å². The molecule has 8 heteroatoms. The van der Waals surface area contributed by atoms with Crippen LogP contribution in [0.5, 0.6) is 0 Å². The molecule has 0 heterocycles. The smallest absolute Gasteiger partial charge is 0.211 e. The van der Waals surface area contributed by atoms with Gasteiger partial charge in [0.1, 0.15) is 0 Å². The first-order valence-electron chi connectivity index (χ1n) is 4.69. The minimum absolute atomic E-state index is 0.0136. The van der Waals surface area contributed by atoms with Crippen molar-refractivity contribution in [2.24, 2.45) is 0 Å². The SMILES string of the molecule is CCS(=O)(=O)NCC(C)NS(=O)(=O)CC. The summed E-state index contributed by atoms with van der Waals surface area (Å²) in [7, 11) is -6.54. The Labute approximate surface area is 91.6 Å². The van der Waals surface area contributed by atoms with E-state index in [2.05, 4.69) is 9.44 Å². The zero-order valence-corrected chi connectivity index (χ0v) is 10.8. The molecule has 0 rings (SSSR count). The van der Waals surface area contributed by atoms with Crippen LogP contribution in [-0.4, -0.2) is 40.9 Å². The summed E-state index contributed by atoms with van der Waals surface area (Å²) in [6.07, 6.45) is 0. The van der Waals surface area contributed by atoms with E-state index in [4.69, 9.17) is 0 Å². The lowest BCUT2D eigenvalue weighted by Gasteiger charge is -2.13. The highest BCUT2D eigenvalue weighted by Crippen LogP contribution is 1.90. The van der Waals surface area contributed by atoms with E-state index in [1.165, 1.54) is 13.8 Å². The van der Waals surface area contributed by atoms with Crippen LogP contribution in [0.3, 0.4) is 0 Å². The molecule has 0 saturated heterocycles. The molecular weight excluding hydrogens is 240 g/mol. The molecule has 15 heavy (non-hydrogen) atoms. The van der Waals surface area contributed by atoms with Crippen LogP contribution >= 0.6 is 0 Å². The van der Waals surface area contributed by atoms with E-state index in [0.29, 0.717) is 0 Å². The summed E-state index contributed by atoms with van der Waals surface area (Å²) in [6.45, 7) is 4.70. The monoisotopic (exact) mass is 258 g/mol. The van der Waals surface area contributed by atoms with E-state index < -0.39 is 26.1 Å². The minimum Gasteiger partial charge on any atom is -0.214 e. The van der Waals surface area contributed by atoms with Gasteiger partial charge in [-0.3, -0.25) is 0 Å². The standard InChI is InChI=1S/C7H18N2O4S2/c1-4-14(10,11)8-6-7(3)9-15(12,13)5-2/h7-9H,4-6H2,1-3H3. The van der Waals surface area contributed by atoms with Gasteiger partial charge in [0.25, 0.3) is 0 Å². The molecule has 0 saturated carbocycles. The van der Waals surface area contributed by atoms with E-state index in [0.717, 1.165) is 0 Å². The van der Waals surface area contributed by atoms with Crippen molar-refractivity contribution in [1.29, 1.82) is 0 Å². The van der Waals surface area contributed by atoms with Crippen LogP contribution in [-0.2, 0) is 20.0 Å². The molecule has 2 N–H and O–H groups in total. The Morgan fingerprint density at radius 1 is 1.00 bits per heavy atom. The van der Waals surface area contributed by atoms with Crippen molar-refractivity contribution in [2.45, 2.75) is 26.8 Å². The molecule has 92 valence electrons. The van der Waals surface area contributed by atoms with Crippen molar-refractivity contribution < 1.29 is 16.8 Å². The van der Waals surface area contributed by atoms with Gasteiger partial charge in [-0.1, -0.05) is 0 Å². The van der Waals surface area contributed by atoms with Crippen LogP contribution in [0.2, 0.25) is 0 Å². The first kappa shape index (κ1) is 14.8. The largest absolute Gasteiger partial charge is 0.214 e. The summed E-state index contributed by atoms with van der Waals surface area (Å²) < 4.78 is 49.0. The third kappa shape index (κ3) is 6.82. The van der Waals surface area contributed by atoms with Gasteiger partial charge in [-0.2, -0.15) is 0 Å². The maximum atomic E-state index is 11.1. The third-order valence-corrected chi connectivity index (χ3v) is 4.64. The van der Waals surface area contributed by atoms with Gasteiger partial charge in [-0.25, -0.2) is 26.3 Å². The third-order valence-electron chi connectivity index (χ3n) is 1.75. The Hall–Kier alpha value is -0.180. The molecule has 0 amide bonds. The molecule has 6 nitrogen and oxygen atoms in total. The Kier molecular flexibility index (Phi) is 5.71. The number of hydrogen-bond donors (Lipinski definition) is 2. The van der Waals surface area contributed by atoms with E-state index in [1.54, 1.807) is 6.92 Å². The van der Waals surface area contributed by atoms with Crippen molar-refractivity contribution >= 4 is 20.0 Å². The Bertz CT molecular complexity index is 374. The highest BCUT2D eigenvalue weighted by Gasteiger charge is 2.14. The van der Waals surface area contributed by atoms with Crippen LogP contribution in [0.15, 0.2) is 0 Å². The molecule has 1 atom stereocenters. The van der Waals surface area contributed by atoms with E-state index in [1.807, 2.05) is 0 Å². The zero-order valence-electron chi connectivity index (χ0n) is 9.15. The van der Waals surface area contributed by atoms with Crippen LogP contribution < -0.4 is 9.44 Å². The van der Waals surface area contributed by atoms with E-state index in [-0.39, 0.29) is 18.1 Å². The minimum atomic E-state index is -3.28. The molecule has 0 fully saturated rings. The molecule has 0 spiro atoms. The van der Waals surface area contributed by atoms with Crippen molar-refractivity contribution in [3.8, 4) is 0 Å². The predicted octanol–water partition coefficient (Wildman–Crippen LogP) is -0.746. The fourth-order valence-electron chi connectivity index (χ4n) is 0.786. The Morgan fingerprint density at radius 3 is 1.87 bits per heavy atom. The average Bonchev–Trinajstić information content (AvgIpc) is 2.15. The van der Waals surface area contributed by atoms with E-state index in [9.17, 15) is 16.8 Å². The zero-order chi connectivity index (χ0) is 12.1. The fourth-order valence-corrected chi connectivity index (χ4v) is 2.36. The van der Waals surface area contributed by atoms with Gasteiger partial charge in [-0.15, -0.1) is 0 Å². The van der Waals surface area contributed by atoms with Gasteiger partial charge in [0.2, 0.25) is 20.0 Å². The number of hydrogen-bond acceptors (Lipinski definition) is 4. The second-order valence-corrected chi connectivity index (χ2v) is 7.31. The summed E-state index contributed by atoms with van der Waals surface area (Å²) >= 11 is 0. The topological polar surface area (TPSA) is 92.3 Å². The van der Waals surface area contributed by atoms with Crippen LogP contribution in [0, 0.1) is 0 Å². The maximum absolute atomic E-state index is 11.1. The molecule has 0 bridgehead atoms. The highest BCUT2D eigenvalue weighted by atomic mass is 32.2. The van der Waals surface area contributed by atoms with Crippen molar-refractivity contribution in [3.63, 3.8) is 0 Å². The molecule has 1 unspecified atom stereocenters.